The highest BCUT2D eigenvalue weighted by molar-refractivity contribution is 8.85. The third-order valence-electron chi connectivity index (χ3n) is 3.94. The van der Waals surface area contributed by atoms with Gasteiger partial charge in [-0.2, -0.15) is 0 Å². The smallest absolute Gasteiger partial charge is 0.302 e. The first-order valence-corrected chi connectivity index (χ1v) is 13.5. The Balaban J connectivity index is 2.11. The van der Waals surface area contributed by atoms with Crippen LogP contribution in [0.3, 0.4) is 0 Å². The van der Waals surface area contributed by atoms with E-state index in [1.807, 2.05) is 0 Å². The van der Waals surface area contributed by atoms with Gasteiger partial charge in [-0.1, -0.05) is 62.2 Å². The van der Waals surface area contributed by atoms with E-state index in [4.69, 9.17) is 4.31 Å². The molecule has 2 saturated carbocycles. The maximum Gasteiger partial charge on any atom is 0.475 e. The van der Waals surface area contributed by atoms with E-state index in [0.717, 1.165) is 38.5 Å². The molecule has 1 unspecified atom stereocenters. The molecule has 0 heterocycles. The highest BCUT2D eigenvalue weighted by Gasteiger charge is 2.32. The van der Waals surface area contributed by atoms with E-state index in [1.165, 1.54) is 37.1 Å². The molecule has 124 valence electrons. The van der Waals surface area contributed by atoms with Crippen LogP contribution in [-0.2, 0) is 8.88 Å². The van der Waals surface area contributed by atoms with Gasteiger partial charge in [-0.3, -0.25) is 4.74 Å². The molecule has 0 bridgehead atoms. The second-order valence-electron chi connectivity index (χ2n) is 5.84. The van der Waals surface area contributed by atoms with E-state index in [1.54, 1.807) is 0 Å². The van der Waals surface area contributed by atoms with Gasteiger partial charge in [0.2, 0.25) is 5.69 Å². The maximum absolute atomic E-state index is 11.3. The summed E-state index contributed by atoms with van der Waals surface area (Å²) in [5.74, 6) is 0. The molecule has 0 aliphatic heterocycles. The van der Waals surface area contributed by atoms with Crippen LogP contribution in [0.4, 0.5) is 0 Å². The van der Waals surface area contributed by atoms with Crippen molar-refractivity contribution in [3.63, 3.8) is 0 Å². The lowest BCUT2D eigenvalue weighted by Crippen LogP contribution is -2.10. The van der Waals surface area contributed by atoms with E-state index in [9.17, 15) is 14.4 Å². The van der Waals surface area contributed by atoms with Crippen LogP contribution in [0.2, 0.25) is 0 Å². The third-order valence-corrected chi connectivity index (χ3v) is 11.7. The topological polar surface area (TPSA) is 79.1 Å². The van der Waals surface area contributed by atoms with Gasteiger partial charge in [-0.15, -0.1) is 0 Å². The Hall–Kier alpha value is 1.04. The van der Waals surface area contributed by atoms with Crippen molar-refractivity contribution >= 4 is 37.1 Å². The van der Waals surface area contributed by atoms with E-state index in [2.05, 4.69) is 17.0 Å². The van der Waals surface area contributed by atoms with E-state index >= 15 is 0 Å². The Labute approximate surface area is 136 Å². The molecule has 1 atom stereocenters. The first-order valence-electron chi connectivity index (χ1n) is 7.66. The minimum absolute atomic E-state index is 0.146. The lowest BCUT2D eigenvalue weighted by Gasteiger charge is -2.29. The van der Waals surface area contributed by atoms with Gasteiger partial charge in [0, 0.05) is 5.25 Å². The van der Waals surface area contributed by atoms with Gasteiger partial charge < -0.3 is 9.79 Å². The molecular formula is C12H25NO4P2S2. The Kier molecular flexibility index (Phi) is 7.20. The van der Waals surface area contributed by atoms with Crippen LogP contribution in [-0.4, -0.2) is 21.1 Å². The van der Waals surface area contributed by atoms with Crippen molar-refractivity contribution in [3.8, 4) is 0 Å². The standard InChI is InChI=1S/C12H25NO4P2S2/c14-19(15,16)17-18(20,13-11-7-3-1-4-8-11)21-12-9-5-2-6-10-12/h11-12,20H,1-10H2,(H2,14,15,16). The van der Waals surface area contributed by atoms with Gasteiger partial charge in [0.15, 0.2) is 0 Å². The minimum Gasteiger partial charge on any atom is -0.302 e. The zero-order valence-electron chi connectivity index (χ0n) is 12.1. The zero-order chi connectivity index (χ0) is 15.3. The van der Waals surface area contributed by atoms with Crippen LogP contribution in [0.5, 0.6) is 0 Å². The minimum atomic E-state index is -4.56. The van der Waals surface area contributed by atoms with Gasteiger partial charge in [-0.25, -0.2) is 8.88 Å². The molecule has 0 amide bonds. The number of hydrogen-bond donors (Lipinski definition) is 3. The monoisotopic (exact) mass is 373 g/mol. The van der Waals surface area contributed by atoms with Crippen LogP contribution >= 0.6 is 37.1 Å². The van der Waals surface area contributed by atoms with Gasteiger partial charge >= 0.3 is 7.82 Å². The zero-order valence-corrected chi connectivity index (χ0v) is 15.6. The molecule has 0 saturated heterocycles. The molecule has 2 fully saturated rings. The number of phosphoric acid groups is 1. The molecule has 21 heavy (non-hydrogen) atoms. The first kappa shape index (κ1) is 18.4. The summed E-state index contributed by atoms with van der Waals surface area (Å²) in [5, 5.41) is 0.364. The van der Waals surface area contributed by atoms with Crippen LogP contribution in [0.1, 0.15) is 64.2 Å². The van der Waals surface area contributed by atoms with Gasteiger partial charge in [0.05, 0.1) is 6.04 Å². The van der Waals surface area contributed by atoms with E-state index < -0.39 is 13.5 Å². The van der Waals surface area contributed by atoms with Crippen LogP contribution in [0, 0.1) is 0 Å². The molecular weight excluding hydrogens is 348 g/mol. The average molecular weight is 373 g/mol. The van der Waals surface area contributed by atoms with E-state index in [0.29, 0.717) is 5.25 Å². The quantitative estimate of drug-likeness (QED) is 0.446. The van der Waals surface area contributed by atoms with Crippen molar-refractivity contribution in [2.75, 3.05) is 0 Å². The van der Waals surface area contributed by atoms with Crippen LogP contribution in [0.15, 0.2) is 4.74 Å². The average Bonchev–Trinajstić information content (AvgIpc) is 2.38. The Morgan fingerprint density at radius 2 is 1.52 bits per heavy atom. The summed E-state index contributed by atoms with van der Waals surface area (Å²) < 4.78 is 21.0. The Morgan fingerprint density at radius 3 is 2.05 bits per heavy atom. The normalized spacial score (nSPS) is 25.5. The van der Waals surface area contributed by atoms with Crippen molar-refractivity contribution in [1.29, 1.82) is 0 Å². The molecule has 9 heteroatoms. The summed E-state index contributed by atoms with van der Waals surface area (Å²) >= 11 is 6.01. The highest BCUT2D eigenvalue weighted by Crippen LogP contribution is 2.75. The molecule has 2 N–H and O–H groups in total. The first-order chi connectivity index (χ1) is 9.86. The van der Waals surface area contributed by atoms with Crippen molar-refractivity contribution in [3.05, 3.63) is 0 Å². The van der Waals surface area contributed by atoms with Crippen molar-refractivity contribution in [2.24, 2.45) is 4.74 Å². The fourth-order valence-corrected chi connectivity index (χ4v) is 12.0. The second kappa shape index (κ2) is 8.23. The van der Waals surface area contributed by atoms with E-state index in [-0.39, 0.29) is 6.04 Å². The fourth-order valence-electron chi connectivity index (χ4n) is 2.97. The third kappa shape index (κ3) is 6.99. The summed E-state index contributed by atoms with van der Waals surface area (Å²) in [4.78, 5) is 18.4. The Morgan fingerprint density at radius 1 is 1.00 bits per heavy atom. The SMILES string of the molecule is O=P(O)(O)OP(S)(=NC1CCCCC1)SC1CCCCC1. The maximum atomic E-state index is 11.3. The molecule has 2 aliphatic rings. The highest BCUT2D eigenvalue weighted by atomic mass is 33.1. The molecule has 5 nitrogen and oxygen atoms in total. The predicted octanol–water partition coefficient (Wildman–Crippen LogP) is 5.37. The van der Waals surface area contributed by atoms with Crippen molar-refractivity contribution in [2.45, 2.75) is 75.5 Å². The molecule has 0 radical (unpaired) electrons. The van der Waals surface area contributed by atoms with Crippen molar-refractivity contribution < 1.29 is 18.7 Å². The molecule has 2 rings (SSSR count). The largest absolute Gasteiger partial charge is 0.475 e. The molecule has 0 spiro atoms. The summed E-state index contributed by atoms with van der Waals surface area (Å²) in [5.41, 5.74) is -2.75. The summed E-state index contributed by atoms with van der Waals surface area (Å²) in [6.07, 6.45) is 11.2. The predicted molar refractivity (Wildman–Crippen MR) is 92.8 cm³/mol. The number of nitrogens with zero attached hydrogens (tertiary/aromatic N) is 1. The number of thiol groups is 1. The lowest BCUT2D eigenvalue weighted by atomic mass is 9.97. The van der Waals surface area contributed by atoms with Crippen molar-refractivity contribution in [1.82, 2.24) is 0 Å². The second-order valence-corrected chi connectivity index (χ2v) is 14.1. The molecule has 0 aromatic heterocycles. The van der Waals surface area contributed by atoms with Crippen LogP contribution < -0.4 is 0 Å². The van der Waals surface area contributed by atoms with Gasteiger partial charge in [0.1, 0.15) is 0 Å². The number of rotatable bonds is 5. The fraction of sp³-hybridized carbons (Fsp3) is 1.00. The molecule has 0 aromatic rings. The molecule has 2 aliphatic carbocycles. The summed E-state index contributed by atoms with van der Waals surface area (Å²) in [6.45, 7) is 0. The lowest BCUT2D eigenvalue weighted by molar-refractivity contribution is 0.295. The van der Waals surface area contributed by atoms with Crippen LogP contribution in [0.25, 0.3) is 0 Å². The van der Waals surface area contributed by atoms with Gasteiger partial charge in [0.25, 0.3) is 0 Å². The summed E-state index contributed by atoms with van der Waals surface area (Å²) in [6, 6.07) is 0.146. The Bertz CT molecular complexity index is 431. The number of hydrogen-bond acceptors (Lipinski definition) is 4. The van der Waals surface area contributed by atoms with Gasteiger partial charge in [-0.05, 0) is 25.7 Å². The molecule has 0 aromatic carbocycles. The summed E-state index contributed by atoms with van der Waals surface area (Å²) in [7, 11) is -4.56.